The van der Waals surface area contributed by atoms with Crippen molar-refractivity contribution in [3.8, 4) is 6.07 Å². The molecule has 0 atom stereocenters. The topological polar surface area (TPSA) is 108 Å². The van der Waals surface area contributed by atoms with Crippen LogP contribution in [-0.4, -0.2) is 21.7 Å². The minimum absolute atomic E-state index is 0.0170. The maximum Gasteiger partial charge on any atom is 0.438 e. The smallest absolute Gasteiger partial charge is 0.369 e. The van der Waals surface area contributed by atoms with Gasteiger partial charge in [0, 0.05) is 13.0 Å². The van der Waals surface area contributed by atoms with E-state index in [0.29, 0.717) is 0 Å². The van der Waals surface area contributed by atoms with Gasteiger partial charge in [0.25, 0.3) is 0 Å². The first kappa shape index (κ1) is 14.6. The summed E-state index contributed by atoms with van der Waals surface area (Å²) in [7, 11) is 0. The molecule has 0 aliphatic heterocycles. The first-order chi connectivity index (χ1) is 9.90. The van der Waals surface area contributed by atoms with E-state index in [4.69, 9.17) is 5.26 Å². The third-order valence-electron chi connectivity index (χ3n) is 2.45. The molecule has 2 rings (SSSR count). The molecule has 0 saturated heterocycles. The molecule has 2 aromatic heterocycles. The zero-order valence-electron chi connectivity index (χ0n) is 10.4. The molecule has 7 nitrogen and oxygen atoms in total. The van der Waals surface area contributed by atoms with Gasteiger partial charge in [-0.3, -0.25) is 9.51 Å². The zero-order valence-corrected chi connectivity index (χ0v) is 10.4. The lowest BCUT2D eigenvalue weighted by atomic mass is 10.2. The third kappa shape index (κ3) is 3.59. The van der Waals surface area contributed by atoms with Gasteiger partial charge in [0.15, 0.2) is 5.82 Å². The molecule has 0 fully saturated rings. The maximum absolute atomic E-state index is 12.6. The number of nitrogens with zero attached hydrogens (tertiary/aromatic N) is 3. The number of nitriles is 1. The molecule has 110 valence electrons. The second kappa shape index (κ2) is 5.66. The van der Waals surface area contributed by atoms with Crippen LogP contribution in [0, 0.1) is 11.3 Å². The predicted octanol–water partition coefficient (Wildman–Crippen LogP) is 1.30. The highest BCUT2D eigenvalue weighted by Gasteiger charge is 2.33. The summed E-state index contributed by atoms with van der Waals surface area (Å²) in [6.45, 7) is 0.117. The molecule has 0 aliphatic rings. The van der Waals surface area contributed by atoms with E-state index in [1.54, 1.807) is 6.07 Å². The minimum atomic E-state index is -4.60. The van der Waals surface area contributed by atoms with E-state index in [2.05, 4.69) is 25.0 Å². The van der Waals surface area contributed by atoms with Gasteiger partial charge in [-0.1, -0.05) is 5.16 Å². The van der Waals surface area contributed by atoms with Crippen LogP contribution >= 0.6 is 0 Å². The van der Waals surface area contributed by atoms with E-state index >= 15 is 0 Å². The number of aromatic nitrogens is 3. The fourth-order valence-electron chi connectivity index (χ4n) is 1.51. The summed E-state index contributed by atoms with van der Waals surface area (Å²) in [5, 5.41) is 14.8. The third-order valence-corrected chi connectivity index (χ3v) is 2.45. The molecule has 0 aliphatic carbocycles. The number of H-pyrrole nitrogens is 1. The van der Waals surface area contributed by atoms with Gasteiger partial charge >= 0.3 is 11.9 Å². The highest BCUT2D eigenvalue weighted by Crippen LogP contribution is 2.29. The van der Waals surface area contributed by atoms with Crippen LogP contribution in [0.2, 0.25) is 0 Å². The molecular weight excluding hydrogens is 291 g/mol. The number of rotatable bonds is 4. The van der Waals surface area contributed by atoms with Gasteiger partial charge in [0.05, 0.1) is 5.56 Å². The molecular formula is C11H8F3N5O2. The normalized spacial score (nSPS) is 11.1. The molecule has 0 unspecified atom stereocenters. The van der Waals surface area contributed by atoms with Crippen molar-refractivity contribution in [2.24, 2.45) is 0 Å². The Morgan fingerprint density at radius 3 is 2.76 bits per heavy atom. The van der Waals surface area contributed by atoms with Crippen molar-refractivity contribution < 1.29 is 17.7 Å². The zero-order chi connectivity index (χ0) is 15.5. The second-order valence-electron chi connectivity index (χ2n) is 3.92. The van der Waals surface area contributed by atoms with Gasteiger partial charge in [0.1, 0.15) is 17.6 Å². The number of hydrogen-bond acceptors (Lipinski definition) is 6. The standard InChI is InChI=1S/C11H8F3N5O2/c12-11(13,14)7-2-1-6(5-15)9(17-7)16-4-3-8-18-10(20)21-19-8/h1-2H,3-4H2,(H,16,17)(H,18,19,20). The number of hydrogen-bond donors (Lipinski definition) is 2. The summed E-state index contributed by atoms with van der Waals surface area (Å²) in [6, 6.07) is 3.52. The van der Waals surface area contributed by atoms with Crippen molar-refractivity contribution in [2.75, 3.05) is 11.9 Å². The lowest BCUT2D eigenvalue weighted by molar-refractivity contribution is -0.141. The highest BCUT2D eigenvalue weighted by atomic mass is 19.4. The number of nitrogens with one attached hydrogen (secondary N) is 2. The monoisotopic (exact) mass is 299 g/mol. The molecule has 2 aromatic rings. The molecule has 0 aromatic carbocycles. The molecule has 2 heterocycles. The summed E-state index contributed by atoms with van der Waals surface area (Å²) in [6.07, 6.45) is -4.41. The lowest BCUT2D eigenvalue weighted by Crippen LogP contribution is -2.13. The Hall–Kier alpha value is -2.83. The van der Waals surface area contributed by atoms with Crippen molar-refractivity contribution in [1.29, 1.82) is 5.26 Å². The Balaban J connectivity index is 2.11. The van der Waals surface area contributed by atoms with Crippen LogP contribution < -0.4 is 11.1 Å². The Bertz CT molecular complexity index is 728. The SMILES string of the molecule is N#Cc1ccc(C(F)(F)F)nc1NCCc1noc(=O)[nH]1. The fraction of sp³-hybridized carbons (Fsp3) is 0.273. The summed E-state index contributed by atoms with van der Waals surface area (Å²) < 4.78 is 41.9. The molecule has 0 bridgehead atoms. The Labute approximate surface area is 115 Å². The van der Waals surface area contributed by atoms with Gasteiger partial charge in [-0.15, -0.1) is 0 Å². The van der Waals surface area contributed by atoms with Crippen LogP contribution in [0.4, 0.5) is 19.0 Å². The largest absolute Gasteiger partial charge is 0.438 e. The summed E-state index contributed by atoms with van der Waals surface area (Å²) in [5.41, 5.74) is -1.12. The van der Waals surface area contributed by atoms with Gasteiger partial charge in [-0.25, -0.2) is 9.78 Å². The molecule has 0 radical (unpaired) electrons. The summed E-state index contributed by atoms with van der Waals surface area (Å²) >= 11 is 0. The molecule has 21 heavy (non-hydrogen) atoms. The van der Waals surface area contributed by atoms with E-state index in [1.807, 2.05) is 0 Å². The predicted molar refractivity (Wildman–Crippen MR) is 63.3 cm³/mol. The lowest BCUT2D eigenvalue weighted by Gasteiger charge is -2.10. The van der Waals surface area contributed by atoms with Crippen LogP contribution in [-0.2, 0) is 12.6 Å². The van der Waals surface area contributed by atoms with E-state index in [0.717, 1.165) is 12.1 Å². The molecule has 0 spiro atoms. The van der Waals surface area contributed by atoms with Crippen LogP contribution in [0.5, 0.6) is 0 Å². The maximum atomic E-state index is 12.6. The Morgan fingerprint density at radius 2 is 2.19 bits per heavy atom. The molecule has 0 saturated carbocycles. The second-order valence-corrected chi connectivity index (χ2v) is 3.92. The first-order valence-corrected chi connectivity index (χ1v) is 5.67. The number of alkyl halides is 3. The van der Waals surface area contributed by atoms with Gasteiger partial charge in [-0.05, 0) is 12.1 Å². The first-order valence-electron chi connectivity index (χ1n) is 5.67. The number of pyridine rings is 1. The molecule has 2 N–H and O–H groups in total. The Kier molecular flexibility index (Phi) is 3.93. The van der Waals surface area contributed by atoms with Crippen LogP contribution in [0.15, 0.2) is 21.5 Å². The molecule has 10 heteroatoms. The van der Waals surface area contributed by atoms with Crippen molar-refractivity contribution in [1.82, 2.24) is 15.1 Å². The van der Waals surface area contributed by atoms with Crippen molar-refractivity contribution in [3.63, 3.8) is 0 Å². The number of halogens is 3. The van der Waals surface area contributed by atoms with Gasteiger partial charge in [-0.2, -0.15) is 18.4 Å². The Morgan fingerprint density at radius 1 is 1.43 bits per heavy atom. The van der Waals surface area contributed by atoms with Crippen molar-refractivity contribution >= 4 is 5.82 Å². The van der Waals surface area contributed by atoms with E-state index in [1.165, 1.54) is 0 Å². The van der Waals surface area contributed by atoms with Gasteiger partial charge in [0.2, 0.25) is 0 Å². The minimum Gasteiger partial charge on any atom is -0.369 e. The quantitative estimate of drug-likeness (QED) is 0.881. The van der Waals surface area contributed by atoms with Crippen molar-refractivity contribution in [3.05, 3.63) is 39.8 Å². The fourth-order valence-corrected chi connectivity index (χ4v) is 1.51. The molecule has 0 amide bonds. The van der Waals surface area contributed by atoms with Gasteiger partial charge < -0.3 is 5.32 Å². The number of anilines is 1. The van der Waals surface area contributed by atoms with Crippen LogP contribution in [0.1, 0.15) is 17.1 Å². The summed E-state index contributed by atoms with van der Waals surface area (Å²) in [4.78, 5) is 16.4. The number of aromatic amines is 1. The average molecular weight is 299 g/mol. The average Bonchev–Trinajstić information content (AvgIpc) is 2.83. The van der Waals surface area contributed by atoms with E-state index in [9.17, 15) is 18.0 Å². The van der Waals surface area contributed by atoms with Crippen LogP contribution in [0.3, 0.4) is 0 Å². The summed E-state index contributed by atoms with van der Waals surface area (Å²) in [5.74, 6) is -0.670. The van der Waals surface area contributed by atoms with E-state index < -0.39 is 17.6 Å². The van der Waals surface area contributed by atoms with Crippen molar-refractivity contribution in [2.45, 2.75) is 12.6 Å². The highest BCUT2D eigenvalue weighted by molar-refractivity contribution is 5.52. The van der Waals surface area contributed by atoms with E-state index in [-0.39, 0.29) is 30.2 Å². The van der Waals surface area contributed by atoms with Crippen LogP contribution in [0.25, 0.3) is 0 Å².